The van der Waals surface area contributed by atoms with E-state index in [1.54, 1.807) is 6.92 Å². The number of aliphatic hydroxyl groups excluding tert-OH is 1. The highest BCUT2D eigenvalue weighted by molar-refractivity contribution is 5.87. The molecule has 1 saturated heterocycles. The topological polar surface area (TPSA) is 81.7 Å². The second kappa shape index (κ2) is 9.42. The number of urea groups is 1. The van der Waals surface area contributed by atoms with Gasteiger partial charge in [0.25, 0.3) is 0 Å². The van der Waals surface area contributed by atoms with Gasteiger partial charge in [-0.25, -0.2) is 4.79 Å². The first-order chi connectivity index (χ1) is 12.0. The first kappa shape index (κ1) is 19.2. The molecule has 3 amide bonds. The summed E-state index contributed by atoms with van der Waals surface area (Å²) in [7, 11) is 0. The lowest BCUT2D eigenvalue weighted by molar-refractivity contribution is -0.136. The number of carbonyl (C=O) groups excluding carboxylic acids is 2. The van der Waals surface area contributed by atoms with Gasteiger partial charge in [-0.3, -0.25) is 4.79 Å². The maximum absolute atomic E-state index is 12.5. The fraction of sp³-hybridized carbons (Fsp3) is 0.579. The number of benzene rings is 1. The Morgan fingerprint density at radius 1 is 1.24 bits per heavy atom. The van der Waals surface area contributed by atoms with Gasteiger partial charge < -0.3 is 20.6 Å². The highest BCUT2D eigenvalue weighted by atomic mass is 16.3. The molecular formula is C19H29N3O3. The number of aliphatic hydroxyl groups is 1. The average molecular weight is 347 g/mol. The molecule has 0 bridgehead atoms. The number of piperidine rings is 1. The largest absolute Gasteiger partial charge is 0.394 e. The van der Waals surface area contributed by atoms with Gasteiger partial charge in [-0.15, -0.1) is 0 Å². The third-order valence-corrected chi connectivity index (χ3v) is 4.68. The third-order valence-electron chi connectivity index (χ3n) is 4.68. The molecule has 0 aromatic heterocycles. The zero-order chi connectivity index (χ0) is 18.2. The maximum atomic E-state index is 12.5. The van der Waals surface area contributed by atoms with Gasteiger partial charge in [0.1, 0.15) is 6.04 Å². The van der Waals surface area contributed by atoms with E-state index in [9.17, 15) is 14.7 Å². The van der Waals surface area contributed by atoms with Gasteiger partial charge >= 0.3 is 6.03 Å². The summed E-state index contributed by atoms with van der Waals surface area (Å²) in [6.07, 6.45) is 3.70. The average Bonchev–Trinajstić information content (AvgIpc) is 2.61. The molecule has 1 fully saturated rings. The van der Waals surface area contributed by atoms with E-state index in [-0.39, 0.29) is 18.6 Å². The van der Waals surface area contributed by atoms with Crippen molar-refractivity contribution < 1.29 is 14.7 Å². The van der Waals surface area contributed by atoms with Gasteiger partial charge in [0.15, 0.2) is 0 Å². The van der Waals surface area contributed by atoms with E-state index in [1.807, 2.05) is 42.2 Å². The Hall–Kier alpha value is -2.08. The fourth-order valence-electron chi connectivity index (χ4n) is 3.22. The van der Waals surface area contributed by atoms with Crippen molar-refractivity contribution in [2.45, 2.75) is 57.7 Å². The van der Waals surface area contributed by atoms with Crippen LogP contribution in [-0.2, 0) is 11.2 Å². The summed E-state index contributed by atoms with van der Waals surface area (Å²) in [6.45, 7) is 4.34. The smallest absolute Gasteiger partial charge is 0.315 e. The highest BCUT2D eigenvalue weighted by Gasteiger charge is 2.28. The first-order valence-corrected chi connectivity index (χ1v) is 9.03. The van der Waals surface area contributed by atoms with Gasteiger partial charge in [0.2, 0.25) is 5.91 Å². The summed E-state index contributed by atoms with van der Waals surface area (Å²) in [4.78, 5) is 26.6. The lowest BCUT2D eigenvalue weighted by Crippen LogP contribution is -2.54. The standard InChI is InChI=1S/C19H29N3O3/c1-14-8-6-7-11-22(14)18(24)15(2)20-19(25)21-17(13-23)12-16-9-4-3-5-10-16/h3-5,9-10,14-15,17,23H,6-8,11-13H2,1-2H3,(H2,20,21,25)/t14-,15+,17-/m0/s1. The molecule has 1 heterocycles. The normalized spacial score (nSPS) is 19.8. The molecule has 25 heavy (non-hydrogen) atoms. The third kappa shape index (κ3) is 5.74. The van der Waals surface area contributed by atoms with Crippen LogP contribution in [0.5, 0.6) is 0 Å². The van der Waals surface area contributed by atoms with Gasteiger partial charge in [-0.1, -0.05) is 30.3 Å². The fourth-order valence-corrected chi connectivity index (χ4v) is 3.22. The van der Waals surface area contributed by atoms with E-state index < -0.39 is 18.1 Å². The molecule has 3 N–H and O–H groups in total. The summed E-state index contributed by atoms with van der Waals surface area (Å²) in [5, 5.41) is 14.9. The van der Waals surface area contributed by atoms with Gasteiger partial charge in [-0.05, 0) is 45.1 Å². The first-order valence-electron chi connectivity index (χ1n) is 9.03. The minimum atomic E-state index is -0.586. The number of nitrogens with zero attached hydrogens (tertiary/aromatic N) is 1. The minimum Gasteiger partial charge on any atom is -0.394 e. The van der Waals surface area contributed by atoms with Crippen LogP contribution in [0.3, 0.4) is 0 Å². The molecule has 2 rings (SSSR count). The molecule has 0 spiro atoms. The molecule has 1 aromatic carbocycles. The van der Waals surface area contributed by atoms with E-state index in [4.69, 9.17) is 0 Å². The van der Waals surface area contributed by atoms with Crippen LogP contribution >= 0.6 is 0 Å². The van der Waals surface area contributed by atoms with Crippen LogP contribution in [0.2, 0.25) is 0 Å². The van der Waals surface area contributed by atoms with E-state index in [0.717, 1.165) is 31.4 Å². The molecule has 0 unspecified atom stereocenters. The zero-order valence-corrected chi connectivity index (χ0v) is 15.1. The number of rotatable bonds is 6. The SMILES string of the molecule is C[C@@H](NC(=O)N[C@H](CO)Cc1ccccc1)C(=O)N1CCCC[C@@H]1C. The molecule has 6 heteroatoms. The van der Waals surface area contributed by atoms with Gasteiger partial charge in [0, 0.05) is 12.6 Å². The Kier molecular flexibility index (Phi) is 7.25. The van der Waals surface area contributed by atoms with Crippen molar-refractivity contribution in [2.24, 2.45) is 0 Å². The minimum absolute atomic E-state index is 0.0500. The van der Waals surface area contributed by atoms with Crippen molar-refractivity contribution in [1.82, 2.24) is 15.5 Å². The summed E-state index contributed by atoms with van der Waals surface area (Å²) in [5.74, 6) is -0.0500. The monoisotopic (exact) mass is 347 g/mol. The van der Waals surface area contributed by atoms with E-state index in [0.29, 0.717) is 6.42 Å². The zero-order valence-electron chi connectivity index (χ0n) is 15.1. The van der Waals surface area contributed by atoms with E-state index in [1.165, 1.54) is 0 Å². The lowest BCUT2D eigenvalue weighted by Gasteiger charge is -2.35. The van der Waals surface area contributed by atoms with Crippen LogP contribution in [-0.4, -0.2) is 53.2 Å². The second-order valence-electron chi connectivity index (χ2n) is 6.79. The van der Waals surface area contributed by atoms with Gasteiger partial charge in [0.05, 0.1) is 12.6 Å². The van der Waals surface area contributed by atoms with Crippen molar-refractivity contribution in [1.29, 1.82) is 0 Å². The second-order valence-corrected chi connectivity index (χ2v) is 6.79. The Morgan fingerprint density at radius 3 is 2.60 bits per heavy atom. The molecule has 1 aliphatic heterocycles. The van der Waals surface area contributed by atoms with Crippen LogP contribution < -0.4 is 10.6 Å². The van der Waals surface area contributed by atoms with E-state index >= 15 is 0 Å². The Morgan fingerprint density at radius 2 is 1.96 bits per heavy atom. The number of hydrogen-bond donors (Lipinski definition) is 3. The molecule has 138 valence electrons. The molecule has 1 aromatic rings. The number of carbonyl (C=O) groups is 2. The Labute approximate surface area is 149 Å². The van der Waals surface area contributed by atoms with Crippen LogP contribution in [0.1, 0.15) is 38.7 Å². The molecule has 0 radical (unpaired) electrons. The van der Waals surface area contributed by atoms with Crippen molar-refractivity contribution in [3.05, 3.63) is 35.9 Å². The van der Waals surface area contributed by atoms with Crippen LogP contribution in [0.25, 0.3) is 0 Å². The predicted molar refractivity (Wildman–Crippen MR) is 97.2 cm³/mol. The predicted octanol–water partition coefficient (Wildman–Crippen LogP) is 1.68. The molecular weight excluding hydrogens is 318 g/mol. The van der Waals surface area contributed by atoms with Crippen LogP contribution in [0, 0.1) is 0 Å². The van der Waals surface area contributed by atoms with Crippen molar-refractivity contribution in [2.75, 3.05) is 13.2 Å². The van der Waals surface area contributed by atoms with E-state index in [2.05, 4.69) is 10.6 Å². The number of amides is 3. The maximum Gasteiger partial charge on any atom is 0.315 e. The quantitative estimate of drug-likeness (QED) is 0.732. The highest BCUT2D eigenvalue weighted by Crippen LogP contribution is 2.17. The Balaban J connectivity index is 1.84. The number of hydrogen-bond acceptors (Lipinski definition) is 3. The molecule has 1 aliphatic rings. The molecule has 6 nitrogen and oxygen atoms in total. The summed E-state index contributed by atoms with van der Waals surface area (Å²) in [6, 6.07) is 8.48. The van der Waals surface area contributed by atoms with Crippen LogP contribution in [0.4, 0.5) is 4.79 Å². The van der Waals surface area contributed by atoms with Crippen molar-refractivity contribution >= 4 is 11.9 Å². The summed E-state index contributed by atoms with van der Waals surface area (Å²) < 4.78 is 0. The van der Waals surface area contributed by atoms with Crippen molar-refractivity contribution in [3.63, 3.8) is 0 Å². The van der Waals surface area contributed by atoms with Crippen LogP contribution in [0.15, 0.2) is 30.3 Å². The molecule has 3 atom stereocenters. The summed E-state index contributed by atoms with van der Waals surface area (Å²) >= 11 is 0. The Bertz CT molecular complexity index is 564. The van der Waals surface area contributed by atoms with Gasteiger partial charge in [-0.2, -0.15) is 0 Å². The number of likely N-dealkylation sites (tertiary alicyclic amines) is 1. The lowest BCUT2D eigenvalue weighted by atomic mass is 10.0. The summed E-state index contributed by atoms with van der Waals surface area (Å²) in [5.41, 5.74) is 1.04. The molecule has 0 aliphatic carbocycles. The number of nitrogens with one attached hydrogen (secondary N) is 2. The van der Waals surface area contributed by atoms with Crippen molar-refractivity contribution in [3.8, 4) is 0 Å². The molecule has 0 saturated carbocycles.